The van der Waals surface area contributed by atoms with E-state index in [1.54, 1.807) is 29.8 Å². The second kappa shape index (κ2) is 3.70. The van der Waals surface area contributed by atoms with Crippen LogP contribution in [-0.2, 0) is 11.8 Å². The van der Waals surface area contributed by atoms with Crippen LogP contribution in [0.1, 0.15) is 16.1 Å². The van der Waals surface area contributed by atoms with Crippen molar-refractivity contribution in [2.75, 3.05) is 7.11 Å². The Kier molecular flexibility index (Phi) is 2.37. The first-order chi connectivity index (χ1) is 7.67. The van der Waals surface area contributed by atoms with Crippen molar-refractivity contribution in [1.29, 1.82) is 5.26 Å². The number of fused-ring (bicyclic) bond motifs is 1. The highest BCUT2D eigenvalue weighted by atomic mass is 16.5. The van der Waals surface area contributed by atoms with Gasteiger partial charge < -0.3 is 9.30 Å². The van der Waals surface area contributed by atoms with Gasteiger partial charge in [0.05, 0.1) is 18.7 Å². The van der Waals surface area contributed by atoms with Crippen molar-refractivity contribution in [1.82, 2.24) is 4.57 Å². The number of nitriles is 1. The summed E-state index contributed by atoms with van der Waals surface area (Å²) in [6, 6.07) is 9.09. The van der Waals surface area contributed by atoms with Crippen molar-refractivity contribution in [2.24, 2.45) is 7.05 Å². The fourth-order valence-corrected chi connectivity index (χ4v) is 1.72. The third-order valence-electron chi connectivity index (χ3n) is 2.57. The lowest BCUT2D eigenvalue weighted by Crippen LogP contribution is -2.06. The first-order valence-corrected chi connectivity index (χ1v) is 4.75. The number of ether oxygens (including phenoxy) is 1. The van der Waals surface area contributed by atoms with Gasteiger partial charge in [-0.3, -0.25) is 0 Å². The van der Waals surface area contributed by atoms with Crippen LogP contribution in [-0.4, -0.2) is 17.6 Å². The van der Waals surface area contributed by atoms with Crippen LogP contribution in [0, 0.1) is 11.3 Å². The van der Waals surface area contributed by atoms with E-state index in [9.17, 15) is 4.79 Å². The highest BCUT2D eigenvalue weighted by Crippen LogP contribution is 2.20. The number of carbonyl (C=O) groups excluding carboxylic acids is 1. The highest BCUT2D eigenvalue weighted by Gasteiger charge is 2.13. The number of carbonyl (C=O) groups is 1. The Bertz CT molecular complexity index is 605. The zero-order chi connectivity index (χ0) is 11.7. The lowest BCUT2D eigenvalue weighted by atomic mass is 10.2. The molecule has 0 aliphatic rings. The lowest BCUT2D eigenvalue weighted by Gasteiger charge is -2.01. The molecule has 0 bridgehead atoms. The van der Waals surface area contributed by atoms with Crippen molar-refractivity contribution in [3.63, 3.8) is 0 Å². The van der Waals surface area contributed by atoms with Crippen molar-refractivity contribution < 1.29 is 9.53 Å². The van der Waals surface area contributed by atoms with E-state index >= 15 is 0 Å². The molecular weight excluding hydrogens is 204 g/mol. The quantitative estimate of drug-likeness (QED) is 0.680. The monoisotopic (exact) mass is 214 g/mol. The average molecular weight is 214 g/mol. The molecule has 0 unspecified atom stereocenters. The predicted molar refractivity (Wildman–Crippen MR) is 59.0 cm³/mol. The van der Waals surface area contributed by atoms with Gasteiger partial charge in [0, 0.05) is 18.0 Å². The molecule has 0 N–H and O–H groups in total. The molecule has 80 valence electrons. The highest BCUT2D eigenvalue weighted by molar-refractivity contribution is 5.95. The summed E-state index contributed by atoms with van der Waals surface area (Å²) in [6.45, 7) is 0. The Morgan fingerprint density at radius 3 is 2.81 bits per heavy atom. The van der Waals surface area contributed by atoms with Gasteiger partial charge in [-0.25, -0.2) is 4.79 Å². The van der Waals surface area contributed by atoms with Crippen LogP contribution in [0.2, 0.25) is 0 Å². The minimum Gasteiger partial charge on any atom is -0.464 e. The van der Waals surface area contributed by atoms with Crippen molar-refractivity contribution in [3.8, 4) is 6.07 Å². The largest absolute Gasteiger partial charge is 0.464 e. The van der Waals surface area contributed by atoms with Gasteiger partial charge in [0.1, 0.15) is 5.69 Å². The molecule has 0 saturated heterocycles. The van der Waals surface area contributed by atoms with E-state index in [2.05, 4.69) is 10.8 Å². The van der Waals surface area contributed by atoms with Crippen LogP contribution in [0.15, 0.2) is 24.3 Å². The maximum atomic E-state index is 11.5. The number of rotatable bonds is 1. The number of nitrogens with zero attached hydrogens (tertiary/aromatic N) is 2. The van der Waals surface area contributed by atoms with Gasteiger partial charge in [-0.2, -0.15) is 5.26 Å². The maximum absolute atomic E-state index is 11.5. The summed E-state index contributed by atoms with van der Waals surface area (Å²) in [5, 5.41) is 9.64. The third-order valence-corrected chi connectivity index (χ3v) is 2.57. The molecule has 0 aliphatic heterocycles. The molecule has 0 fully saturated rings. The summed E-state index contributed by atoms with van der Waals surface area (Å²) >= 11 is 0. The zero-order valence-electron chi connectivity index (χ0n) is 9.02. The molecule has 2 aromatic rings. The second-order valence-electron chi connectivity index (χ2n) is 3.47. The van der Waals surface area contributed by atoms with Crippen LogP contribution in [0.5, 0.6) is 0 Å². The van der Waals surface area contributed by atoms with Crippen LogP contribution in [0.3, 0.4) is 0 Å². The molecule has 1 aromatic heterocycles. The zero-order valence-corrected chi connectivity index (χ0v) is 9.02. The smallest absolute Gasteiger partial charge is 0.354 e. The Balaban J connectivity index is 2.68. The van der Waals surface area contributed by atoms with Crippen molar-refractivity contribution in [3.05, 3.63) is 35.5 Å². The number of esters is 1. The molecule has 4 heteroatoms. The number of methoxy groups -OCH3 is 1. The number of aryl methyl sites for hydroxylation is 1. The molecule has 0 spiro atoms. The summed E-state index contributed by atoms with van der Waals surface area (Å²) in [4.78, 5) is 11.5. The minimum absolute atomic E-state index is 0.378. The van der Waals surface area contributed by atoms with Gasteiger partial charge in [-0.05, 0) is 24.3 Å². The first kappa shape index (κ1) is 10.2. The fourth-order valence-electron chi connectivity index (χ4n) is 1.72. The Labute approximate surface area is 92.7 Å². The number of hydrogen-bond acceptors (Lipinski definition) is 3. The molecule has 4 nitrogen and oxygen atoms in total. The average Bonchev–Trinajstić information content (AvgIpc) is 2.65. The Morgan fingerprint density at radius 1 is 1.44 bits per heavy atom. The van der Waals surface area contributed by atoms with Gasteiger partial charge in [-0.15, -0.1) is 0 Å². The van der Waals surface area contributed by atoms with Gasteiger partial charge in [0.15, 0.2) is 0 Å². The molecule has 0 radical (unpaired) electrons. The van der Waals surface area contributed by atoms with Gasteiger partial charge >= 0.3 is 5.97 Å². The molecule has 2 rings (SSSR count). The Hall–Kier alpha value is -2.28. The fraction of sp³-hybridized carbons (Fsp3) is 0.167. The number of aromatic nitrogens is 1. The van der Waals surface area contributed by atoms with E-state index in [1.807, 2.05) is 6.07 Å². The summed E-state index contributed by atoms with van der Waals surface area (Å²) < 4.78 is 6.43. The van der Waals surface area contributed by atoms with E-state index in [0.717, 1.165) is 10.9 Å². The van der Waals surface area contributed by atoms with Gasteiger partial charge in [0.2, 0.25) is 0 Å². The van der Waals surface area contributed by atoms with E-state index in [1.165, 1.54) is 7.11 Å². The SMILES string of the molecule is COC(=O)c1cc2cc(C#N)ccc2n1C. The topological polar surface area (TPSA) is 55.0 Å². The van der Waals surface area contributed by atoms with Crippen LogP contribution in [0.25, 0.3) is 10.9 Å². The molecule has 0 aliphatic carbocycles. The third kappa shape index (κ3) is 1.43. The standard InChI is InChI=1S/C12H10N2O2/c1-14-10-4-3-8(7-13)5-9(10)6-11(14)12(15)16-2/h3-6H,1-2H3. The minimum atomic E-state index is -0.378. The molecule has 16 heavy (non-hydrogen) atoms. The second-order valence-corrected chi connectivity index (χ2v) is 3.47. The molecular formula is C12H10N2O2. The summed E-state index contributed by atoms with van der Waals surface area (Å²) in [7, 11) is 3.14. The predicted octanol–water partition coefficient (Wildman–Crippen LogP) is 1.84. The van der Waals surface area contributed by atoms with Gasteiger partial charge in [-0.1, -0.05) is 0 Å². The molecule has 1 aromatic carbocycles. The number of hydrogen-bond donors (Lipinski definition) is 0. The first-order valence-electron chi connectivity index (χ1n) is 4.75. The Morgan fingerprint density at radius 2 is 2.19 bits per heavy atom. The normalized spacial score (nSPS) is 10.1. The maximum Gasteiger partial charge on any atom is 0.354 e. The molecule has 0 saturated carbocycles. The number of benzene rings is 1. The summed E-state index contributed by atoms with van der Waals surface area (Å²) in [5.41, 5.74) is 1.96. The van der Waals surface area contributed by atoms with Crippen LogP contribution >= 0.6 is 0 Å². The van der Waals surface area contributed by atoms with Crippen LogP contribution < -0.4 is 0 Å². The summed E-state index contributed by atoms with van der Waals surface area (Å²) in [6.07, 6.45) is 0. The molecule has 1 heterocycles. The molecule has 0 amide bonds. The van der Waals surface area contributed by atoms with Crippen molar-refractivity contribution >= 4 is 16.9 Å². The van der Waals surface area contributed by atoms with E-state index in [0.29, 0.717) is 11.3 Å². The van der Waals surface area contributed by atoms with E-state index < -0.39 is 0 Å². The molecule has 0 atom stereocenters. The van der Waals surface area contributed by atoms with E-state index in [-0.39, 0.29) is 5.97 Å². The van der Waals surface area contributed by atoms with Crippen molar-refractivity contribution in [2.45, 2.75) is 0 Å². The van der Waals surface area contributed by atoms with E-state index in [4.69, 9.17) is 5.26 Å². The van der Waals surface area contributed by atoms with Gasteiger partial charge in [0.25, 0.3) is 0 Å². The lowest BCUT2D eigenvalue weighted by molar-refractivity contribution is 0.0590. The van der Waals surface area contributed by atoms with Crippen LogP contribution in [0.4, 0.5) is 0 Å². The summed E-state index contributed by atoms with van der Waals surface area (Å²) in [5.74, 6) is -0.378.